The van der Waals surface area contributed by atoms with Crippen LogP contribution in [0.15, 0.2) is 46.2 Å². The summed E-state index contributed by atoms with van der Waals surface area (Å²) in [4.78, 5) is -0.153. The van der Waals surface area contributed by atoms with E-state index in [0.29, 0.717) is 10.6 Å². The van der Waals surface area contributed by atoms with Gasteiger partial charge in [-0.1, -0.05) is 23.2 Å². The summed E-state index contributed by atoms with van der Waals surface area (Å²) in [6.07, 6.45) is 0. The average molecular weight is 438 g/mol. The van der Waals surface area contributed by atoms with E-state index >= 15 is 0 Å². The standard InChI is InChI=1S/C16H14Cl2FNO4S2/c1-10-6-16(15(18)7-14(10)17)26(23,24)20-8-13(9-20)25(21,22)12-4-2-11(19)3-5-12/h2-7,13H,8-9H2,1H3. The first-order chi connectivity index (χ1) is 12.0. The molecule has 26 heavy (non-hydrogen) atoms. The number of hydrogen-bond acceptors (Lipinski definition) is 4. The largest absolute Gasteiger partial charge is 0.244 e. The van der Waals surface area contributed by atoms with Crippen LogP contribution in [0.5, 0.6) is 0 Å². The first-order valence-corrected chi connectivity index (χ1v) is 11.2. The van der Waals surface area contributed by atoms with E-state index in [4.69, 9.17) is 23.2 Å². The summed E-state index contributed by atoms with van der Waals surface area (Å²) in [6, 6.07) is 7.15. The lowest BCUT2D eigenvalue weighted by Crippen LogP contribution is -2.56. The third-order valence-corrected chi connectivity index (χ3v) is 9.04. The molecule has 1 saturated heterocycles. The zero-order valence-corrected chi connectivity index (χ0v) is 16.6. The number of sulfone groups is 1. The van der Waals surface area contributed by atoms with Crippen molar-refractivity contribution in [3.05, 3.63) is 57.8 Å². The molecule has 0 N–H and O–H groups in total. The van der Waals surface area contributed by atoms with Gasteiger partial charge < -0.3 is 0 Å². The van der Waals surface area contributed by atoms with Crippen molar-refractivity contribution >= 4 is 43.1 Å². The third kappa shape index (κ3) is 3.36. The van der Waals surface area contributed by atoms with Crippen LogP contribution in [-0.4, -0.2) is 39.5 Å². The molecule has 0 saturated carbocycles. The summed E-state index contributed by atoms with van der Waals surface area (Å²) >= 11 is 11.9. The van der Waals surface area contributed by atoms with E-state index in [9.17, 15) is 21.2 Å². The zero-order chi connectivity index (χ0) is 19.3. The highest BCUT2D eigenvalue weighted by Crippen LogP contribution is 2.34. The van der Waals surface area contributed by atoms with E-state index < -0.39 is 30.9 Å². The van der Waals surface area contributed by atoms with Gasteiger partial charge in [0.25, 0.3) is 0 Å². The molecule has 1 aliphatic heterocycles. The molecule has 1 aliphatic rings. The normalized spacial score (nSPS) is 16.5. The molecule has 2 aromatic rings. The van der Waals surface area contributed by atoms with Gasteiger partial charge in [0.15, 0.2) is 9.84 Å². The second kappa shape index (κ2) is 6.76. The number of halogens is 3. The maximum Gasteiger partial charge on any atom is 0.244 e. The summed E-state index contributed by atoms with van der Waals surface area (Å²) in [7, 11) is -7.68. The van der Waals surface area contributed by atoms with Gasteiger partial charge in [0.2, 0.25) is 10.0 Å². The number of benzene rings is 2. The van der Waals surface area contributed by atoms with E-state index in [1.807, 2.05) is 0 Å². The van der Waals surface area contributed by atoms with E-state index in [1.165, 1.54) is 24.3 Å². The molecule has 1 fully saturated rings. The van der Waals surface area contributed by atoms with Crippen molar-refractivity contribution in [1.29, 1.82) is 0 Å². The van der Waals surface area contributed by atoms with Crippen LogP contribution in [0, 0.1) is 12.7 Å². The quantitative estimate of drug-likeness (QED) is 0.687. The molecule has 140 valence electrons. The van der Waals surface area contributed by atoms with Gasteiger partial charge in [-0.25, -0.2) is 21.2 Å². The Kier molecular flexibility index (Phi) is 5.09. The Balaban J connectivity index is 1.83. The molecule has 0 bridgehead atoms. The SMILES string of the molecule is Cc1cc(S(=O)(=O)N2CC(S(=O)(=O)c3ccc(F)cc3)C2)c(Cl)cc1Cl. The van der Waals surface area contributed by atoms with Gasteiger partial charge in [-0.3, -0.25) is 0 Å². The number of aryl methyl sites for hydroxylation is 1. The predicted octanol–water partition coefficient (Wildman–Crippen LogP) is 3.29. The summed E-state index contributed by atoms with van der Waals surface area (Å²) in [6.45, 7) is 1.26. The van der Waals surface area contributed by atoms with Gasteiger partial charge >= 0.3 is 0 Å². The maximum atomic E-state index is 13.0. The Morgan fingerprint density at radius 2 is 1.58 bits per heavy atom. The predicted molar refractivity (Wildman–Crippen MR) is 97.3 cm³/mol. The second-order valence-electron chi connectivity index (χ2n) is 5.97. The molecule has 0 atom stereocenters. The van der Waals surface area contributed by atoms with Crippen LogP contribution in [0.1, 0.15) is 5.56 Å². The fourth-order valence-electron chi connectivity index (χ4n) is 2.58. The topological polar surface area (TPSA) is 71.5 Å². The molecule has 0 radical (unpaired) electrons. The molecule has 10 heteroatoms. The van der Waals surface area contributed by atoms with Gasteiger partial charge in [-0.15, -0.1) is 0 Å². The Morgan fingerprint density at radius 1 is 1.00 bits per heavy atom. The molecular weight excluding hydrogens is 424 g/mol. The molecule has 2 aromatic carbocycles. The fraction of sp³-hybridized carbons (Fsp3) is 0.250. The average Bonchev–Trinajstić information content (AvgIpc) is 2.49. The molecule has 5 nitrogen and oxygen atoms in total. The highest BCUT2D eigenvalue weighted by molar-refractivity contribution is 7.92. The fourth-order valence-corrected chi connectivity index (χ4v) is 6.76. The number of sulfonamides is 1. The molecule has 0 unspecified atom stereocenters. The Bertz CT molecular complexity index is 1060. The van der Waals surface area contributed by atoms with Crippen molar-refractivity contribution < 1.29 is 21.2 Å². The van der Waals surface area contributed by atoms with Crippen LogP contribution >= 0.6 is 23.2 Å². The number of hydrogen-bond donors (Lipinski definition) is 0. The van der Waals surface area contributed by atoms with E-state index in [0.717, 1.165) is 16.4 Å². The highest BCUT2D eigenvalue weighted by atomic mass is 35.5. The summed E-state index contributed by atoms with van der Waals surface area (Å²) in [5.74, 6) is -0.547. The van der Waals surface area contributed by atoms with Crippen molar-refractivity contribution in [3.8, 4) is 0 Å². The van der Waals surface area contributed by atoms with Crippen molar-refractivity contribution in [2.24, 2.45) is 0 Å². The van der Waals surface area contributed by atoms with E-state index in [2.05, 4.69) is 0 Å². The van der Waals surface area contributed by atoms with Gasteiger partial charge in [-0.2, -0.15) is 4.31 Å². The van der Waals surface area contributed by atoms with Crippen LogP contribution < -0.4 is 0 Å². The van der Waals surface area contributed by atoms with Crippen molar-refractivity contribution in [2.45, 2.75) is 22.0 Å². The third-order valence-electron chi connectivity index (χ3n) is 4.23. The smallest absolute Gasteiger partial charge is 0.223 e. The lowest BCUT2D eigenvalue weighted by Gasteiger charge is -2.37. The monoisotopic (exact) mass is 437 g/mol. The van der Waals surface area contributed by atoms with Crippen molar-refractivity contribution in [2.75, 3.05) is 13.1 Å². The molecule has 1 heterocycles. The highest BCUT2D eigenvalue weighted by Gasteiger charge is 2.44. The number of nitrogens with zero attached hydrogens (tertiary/aromatic N) is 1. The maximum absolute atomic E-state index is 13.0. The lowest BCUT2D eigenvalue weighted by atomic mass is 10.2. The summed E-state index contributed by atoms with van der Waals surface area (Å²) < 4.78 is 64.5. The minimum Gasteiger partial charge on any atom is -0.223 e. The summed E-state index contributed by atoms with van der Waals surface area (Å²) in [5.41, 5.74) is 0.547. The van der Waals surface area contributed by atoms with Crippen LogP contribution in [0.2, 0.25) is 10.0 Å². The minimum atomic E-state index is -3.94. The Hall–Kier alpha value is -1.19. The van der Waals surface area contributed by atoms with Crippen molar-refractivity contribution in [3.63, 3.8) is 0 Å². The lowest BCUT2D eigenvalue weighted by molar-refractivity contribution is 0.309. The van der Waals surface area contributed by atoms with Gasteiger partial charge in [-0.05, 0) is 48.9 Å². The van der Waals surface area contributed by atoms with Crippen molar-refractivity contribution in [1.82, 2.24) is 4.31 Å². The second-order valence-corrected chi connectivity index (χ2v) is 10.9. The summed E-state index contributed by atoms with van der Waals surface area (Å²) in [5, 5.41) is -0.574. The molecular formula is C16H14Cl2FNO4S2. The first kappa shape index (κ1) is 19.6. The minimum absolute atomic E-state index is 0.0227. The Labute approximate surface area is 161 Å². The van der Waals surface area contributed by atoms with Crippen LogP contribution in [-0.2, 0) is 19.9 Å². The van der Waals surface area contributed by atoms with Crippen LogP contribution in [0.4, 0.5) is 4.39 Å². The molecule has 0 aliphatic carbocycles. The van der Waals surface area contributed by atoms with Gasteiger partial charge in [0.05, 0.1) is 15.2 Å². The van der Waals surface area contributed by atoms with Crippen LogP contribution in [0.25, 0.3) is 0 Å². The molecule has 0 amide bonds. The van der Waals surface area contributed by atoms with E-state index in [1.54, 1.807) is 6.92 Å². The zero-order valence-electron chi connectivity index (χ0n) is 13.5. The van der Waals surface area contributed by atoms with E-state index in [-0.39, 0.29) is 27.9 Å². The van der Waals surface area contributed by atoms with Gasteiger partial charge in [0.1, 0.15) is 10.7 Å². The Morgan fingerprint density at radius 3 is 2.15 bits per heavy atom. The molecule has 0 spiro atoms. The molecule has 3 rings (SSSR count). The van der Waals surface area contributed by atoms with Crippen LogP contribution in [0.3, 0.4) is 0 Å². The first-order valence-electron chi connectivity index (χ1n) is 7.49. The number of rotatable bonds is 4. The van der Waals surface area contributed by atoms with Gasteiger partial charge in [0, 0.05) is 18.1 Å². The molecule has 0 aromatic heterocycles.